The van der Waals surface area contributed by atoms with E-state index in [9.17, 15) is 4.79 Å². The van der Waals surface area contributed by atoms with Crippen molar-refractivity contribution >= 4 is 16.7 Å². The highest BCUT2D eigenvalue weighted by Gasteiger charge is 2.32. The van der Waals surface area contributed by atoms with E-state index in [1.54, 1.807) is 0 Å². The Morgan fingerprint density at radius 1 is 0.800 bits per heavy atom. The van der Waals surface area contributed by atoms with Crippen LogP contribution in [0.2, 0.25) is 0 Å². The van der Waals surface area contributed by atoms with Crippen molar-refractivity contribution in [3.8, 4) is 11.5 Å². The number of hydrogen-bond donors (Lipinski definition) is 1. The van der Waals surface area contributed by atoms with Crippen LogP contribution in [0.25, 0.3) is 10.8 Å². The van der Waals surface area contributed by atoms with Crippen molar-refractivity contribution in [1.29, 1.82) is 0 Å². The monoisotopic (exact) mass is 534 g/mol. The molecule has 40 heavy (non-hydrogen) atoms. The van der Waals surface area contributed by atoms with E-state index in [0.29, 0.717) is 19.8 Å². The lowest BCUT2D eigenvalue weighted by atomic mass is 9.88. The molecule has 0 spiro atoms. The zero-order valence-electron chi connectivity index (χ0n) is 23.1. The van der Waals surface area contributed by atoms with Crippen molar-refractivity contribution in [2.45, 2.75) is 32.2 Å². The van der Waals surface area contributed by atoms with Crippen LogP contribution in [0.5, 0.6) is 11.5 Å². The average Bonchev–Trinajstić information content (AvgIpc) is 3.47. The number of rotatable bonds is 10. The molecule has 6 rings (SSSR count). The molecular weight excluding hydrogens is 496 g/mol. The van der Waals surface area contributed by atoms with Crippen LogP contribution in [0.15, 0.2) is 91.0 Å². The van der Waals surface area contributed by atoms with Crippen molar-refractivity contribution in [3.05, 3.63) is 108 Å². The maximum Gasteiger partial charge on any atom is 0.224 e. The number of aryl methyl sites for hydroxylation is 2. The van der Waals surface area contributed by atoms with Crippen LogP contribution >= 0.6 is 0 Å². The molecule has 1 N–H and O–H groups in total. The second kappa shape index (κ2) is 12.6. The van der Waals surface area contributed by atoms with Gasteiger partial charge in [-0.05, 0) is 83.5 Å². The van der Waals surface area contributed by atoms with Gasteiger partial charge in [0.2, 0.25) is 5.91 Å². The molecule has 0 saturated carbocycles. The number of piperidine rings is 1. The van der Waals surface area contributed by atoms with Crippen LogP contribution in [0, 0.1) is 11.8 Å². The molecule has 206 valence electrons. The van der Waals surface area contributed by atoms with Crippen LogP contribution in [0.3, 0.4) is 0 Å². The van der Waals surface area contributed by atoms with Crippen molar-refractivity contribution in [3.63, 3.8) is 0 Å². The number of para-hydroxylation sites is 1. The van der Waals surface area contributed by atoms with Gasteiger partial charge >= 0.3 is 0 Å². The van der Waals surface area contributed by atoms with E-state index < -0.39 is 0 Å². The second-order valence-electron chi connectivity index (χ2n) is 11.2. The normalized spacial score (nSPS) is 18.8. The number of amides is 1. The van der Waals surface area contributed by atoms with Crippen molar-refractivity contribution in [1.82, 2.24) is 10.2 Å². The fraction of sp³-hybridized carbons (Fsp3) is 0.343. The van der Waals surface area contributed by atoms with Gasteiger partial charge in [-0.3, -0.25) is 9.69 Å². The Hall–Kier alpha value is -3.83. The van der Waals surface area contributed by atoms with Gasteiger partial charge in [-0.25, -0.2) is 0 Å². The Morgan fingerprint density at radius 2 is 1.62 bits per heavy atom. The summed E-state index contributed by atoms with van der Waals surface area (Å²) in [7, 11) is 0. The van der Waals surface area contributed by atoms with E-state index in [-0.39, 0.29) is 17.7 Å². The molecule has 1 saturated heterocycles. The van der Waals surface area contributed by atoms with Crippen LogP contribution in [0.4, 0.5) is 0 Å². The molecule has 5 nitrogen and oxygen atoms in total. The Labute approximate surface area is 237 Å². The average molecular weight is 535 g/mol. The summed E-state index contributed by atoms with van der Waals surface area (Å²) in [5, 5.41) is 5.62. The quantitative estimate of drug-likeness (QED) is 0.252. The number of ether oxygens (including phenoxy) is 2. The maximum atomic E-state index is 13.3. The van der Waals surface area contributed by atoms with Crippen LogP contribution in [-0.2, 0) is 24.2 Å². The van der Waals surface area contributed by atoms with Gasteiger partial charge in [0.25, 0.3) is 0 Å². The van der Waals surface area contributed by atoms with Gasteiger partial charge in [0, 0.05) is 25.6 Å². The fourth-order valence-electron chi connectivity index (χ4n) is 6.19. The minimum atomic E-state index is -0.0837. The molecule has 1 aliphatic carbocycles. The number of benzene rings is 4. The van der Waals surface area contributed by atoms with E-state index in [1.165, 1.54) is 40.3 Å². The number of hydrogen-bond acceptors (Lipinski definition) is 4. The number of likely N-dealkylation sites (tertiary alicyclic amines) is 1. The number of carbonyl (C=O) groups excluding carboxylic acids is 1. The minimum absolute atomic E-state index is 0.0837. The van der Waals surface area contributed by atoms with E-state index >= 15 is 0 Å². The van der Waals surface area contributed by atoms with E-state index in [4.69, 9.17) is 9.47 Å². The molecule has 5 heteroatoms. The number of nitrogens with zero attached hydrogens (tertiary/aromatic N) is 1. The summed E-state index contributed by atoms with van der Waals surface area (Å²) in [4.78, 5) is 15.7. The molecule has 1 aliphatic heterocycles. The van der Waals surface area contributed by atoms with Gasteiger partial charge in [0.1, 0.15) is 18.1 Å². The van der Waals surface area contributed by atoms with E-state index in [2.05, 4.69) is 70.9 Å². The fourth-order valence-corrected chi connectivity index (χ4v) is 6.19. The Morgan fingerprint density at radius 3 is 2.52 bits per heavy atom. The molecule has 0 aromatic heterocycles. The van der Waals surface area contributed by atoms with Gasteiger partial charge in [0.05, 0.1) is 19.1 Å². The predicted octanol–water partition coefficient (Wildman–Crippen LogP) is 6.04. The lowest BCUT2D eigenvalue weighted by Gasteiger charge is -2.37. The smallest absolute Gasteiger partial charge is 0.224 e. The summed E-state index contributed by atoms with van der Waals surface area (Å²) < 4.78 is 12.1. The van der Waals surface area contributed by atoms with Crippen molar-refractivity contribution < 1.29 is 14.3 Å². The van der Waals surface area contributed by atoms with Crippen LogP contribution < -0.4 is 14.8 Å². The third kappa shape index (κ3) is 6.65. The summed E-state index contributed by atoms with van der Waals surface area (Å²) in [5.74, 6) is 2.06. The molecule has 4 aromatic rings. The molecule has 1 amide bonds. The number of fused-ring (bicyclic) bond motifs is 2. The van der Waals surface area contributed by atoms with Crippen molar-refractivity contribution in [2.75, 3.05) is 32.8 Å². The molecule has 0 bridgehead atoms. The first-order valence-electron chi connectivity index (χ1n) is 14.6. The lowest BCUT2D eigenvalue weighted by Crippen LogP contribution is -2.47. The molecular formula is C35H38N2O3. The summed E-state index contributed by atoms with van der Waals surface area (Å²) in [6, 6.07) is 31.4. The molecule has 1 heterocycles. The lowest BCUT2D eigenvalue weighted by molar-refractivity contribution is -0.127. The molecule has 4 aromatic carbocycles. The van der Waals surface area contributed by atoms with Gasteiger partial charge in [-0.2, -0.15) is 0 Å². The second-order valence-corrected chi connectivity index (χ2v) is 11.2. The number of carbonyl (C=O) groups is 1. The van der Waals surface area contributed by atoms with Gasteiger partial charge in [-0.15, -0.1) is 0 Å². The first kappa shape index (κ1) is 26.4. The summed E-state index contributed by atoms with van der Waals surface area (Å²) in [6.07, 6.45) is 4.38. The highest BCUT2D eigenvalue weighted by molar-refractivity contribution is 5.83. The first-order valence-corrected chi connectivity index (χ1v) is 14.6. The van der Waals surface area contributed by atoms with E-state index in [1.807, 2.05) is 30.3 Å². The van der Waals surface area contributed by atoms with Gasteiger partial charge < -0.3 is 14.8 Å². The molecule has 2 aliphatic rings. The Balaban J connectivity index is 1.10. The highest BCUT2D eigenvalue weighted by atomic mass is 16.5. The molecule has 1 fully saturated rings. The maximum absolute atomic E-state index is 13.3. The van der Waals surface area contributed by atoms with Crippen LogP contribution in [0.1, 0.15) is 29.5 Å². The zero-order valence-corrected chi connectivity index (χ0v) is 23.1. The SMILES string of the molecule is O=C(NCCOc1ccccc1)[C@@H]1C[C@H](COc2ccc3c(c2)CCC3)CN(Cc2ccc3ccccc3c2)C1. The molecule has 0 radical (unpaired) electrons. The van der Waals surface area contributed by atoms with Crippen LogP contribution in [-0.4, -0.2) is 43.7 Å². The largest absolute Gasteiger partial charge is 0.493 e. The van der Waals surface area contributed by atoms with Crippen molar-refractivity contribution in [2.24, 2.45) is 11.8 Å². The third-order valence-electron chi connectivity index (χ3n) is 8.17. The first-order chi connectivity index (χ1) is 19.7. The highest BCUT2D eigenvalue weighted by Crippen LogP contribution is 2.29. The van der Waals surface area contributed by atoms with E-state index in [0.717, 1.165) is 44.0 Å². The zero-order chi connectivity index (χ0) is 27.1. The Kier molecular flexibility index (Phi) is 8.29. The molecule has 2 atom stereocenters. The Bertz CT molecular complexity index is 1440. The summed E-state index contributed by atoms with van der Waals surface area (Å²) >= 11 is 0. The minimum Gasteiger partial charge on any atom is -0.493 e. The van der Waals surface area contributed by atoms with Gasteiger partial charge in [-0.1, -0.05) is 60.7 Å². The summed E-state index contributed by atoms with van der Waals surface area (Å²) in [6.45, 7) is 4.04. The number of nitrogens with one attached hydrogen (secondary N) is 1. The summed E-state index contributed by atoms with van der Waals surface area (Å²) in [5.41, 5.74) is 4.16. The standard InChI is InChI=1S/C35H38N2O3/c38-35(36-17-18-39-33-11-2-1-3-12-33)32-20-27(25-40-34-16-15-29-9-6-10-31(29)21-34)23-37(24-32)22-26-13-14-28-7-4-5-8-30(28)19-26/h1-5,7-8,11-16,19,21,27,32H,6,9-10,17-18,20,22-25H2,(H,36,38)/t27-,32+/m0/s1. The molecule has 0 unspecified atom stereocenters. The predicted molar refractivity (Wildman–Crippen MR) is 160 cm³/mol. The van der Waals surface area contributed by atoms with Gasteiger partial charge in [0.15, 0.2) is 0 Å². The third-order valence-corrected chi connectivity index (χ3v) is 8.17. The topological polar surface area (TPSA) is 50.8 Å².